The zero-order chi connectivity index (χ0) is 15.5. The first-order valence-electron chi connectivity index (χ1n) is 7.26. The molecule has 21 heavy (non-hydrogen) atoms. The highest BCUT2D eigenvalue weighted by atomic mass is 16.6. The van der Waals surface area contributed by atoms with Gasteiger partial charge in [0, 0.05) is 24.4 Å². The summed E-state index contributed by atoms with van der Waals surface area (Å²) in [6, 6.07) is 4.50. The van der Waals surface area contributed by atoms with Crippen molar-refractivity contribution in [3.05, 3.63) is 33.9 Å². The number of carbonyl (C=O) groups is 1. The average Bonchev–Trinajstić information content (AvgIpc) is 2.49. The molecular weight excluding hydrogens is 270 g/mol. The molecule has 1 saturated heterocycles. The van der Waals surface area contributed by atoms with Gasteiger partial charge < -0.3 is 10.6 Å². The number of nitrogens with one attached hydrogen (secondary N) is 2. The fraction of sp³-hybridized carbons (Fsp3) is 0.533. The molecule has 0 aromatic heterocycles. The molecule has 0 spiro atoms. The second-order valence-electron chi connectivity index (χ2n) is 5.62. The van der Waals surface area contributed by atoms with Gasteiger partial charge in [-0.3, -0.25) is 14.9 Å². The molecule has 6 nitrogen and oxygen atoms in total. The number of benzene rings is 1. The molecular formula is C15H21N3O3. The zero-order valence-corrected chi connectivity index (χ0v) is 12.4. The summed E-state index contributed by atoms with van der Waals surface area (Å²) in [4.78, 5) is 22.9. The number of aryl methyl sites for hydroxylation is 1. The minimum atomic E-state index is -0.433. The van der Waals surface area contributed by atoms with Crippen LogP contribution in [0.3, 0.4) is 0 Å². The molecule has 6 heteroatoms. The van der Waals surface area contributed by atoms with Gasteiger partial charge in [0.2, 0.25) is 5.91 Å². The van der Waals surface area contributed by atoms with E-state index in [0.29, 0.717) is 17.8 Å². The Kier molecular flexibility index (Phi) is 4.57. The first-order valence-corrected chi connectivity index (χ1v) is 7.26. The van der Waals surface area contributed by atoms with E-state index in [1.165, 1.54) is 12.1 Å². The molecule has 114 valence electrons. The van der Waals surface area contributed by atoms with E-state index in [-0.39, 0.29) is 17.0 Å². The average molecular weight is 291 g/mol. The lowest BCUT2D eigenvalue weighted by molar-refractivity contribution is -0.384. The number of non-ortho nitro benzene ring substituents is 1. The third kappa shape index (κ3) is 3.21. The lowest BCUT2D eigenvalue weighted by Crippen LogP contribution is -2.47. The minimum Gasteiger partial charge on any atom is -0.325 e. The van der Waals surface area contributed by atoms with Crippen LogP contribution < -0.4 is 10.6 Å². The normalized spacial score (nSPS) is 21.8. The van der Waals surface area contributed by atoms with Gasteiger partial charge in [-0.15, -0.1) is 0 Å². The van der Waals surface area contributed by atoms with E-state index in [9.17, 15) is 14.9 Å². The fourth-order valence-corrected chi connectivity index (χ4v) is 2.78. The summed E-state index contributed by atoms with van der Waals surface area (Å²) < 4.78 is 0. The van der Waals surface area contributed by atoms with Crippen LogP contribution in [0.5, 0.6) is 0 Å². The van der Waals surface area contributed by atoms with Crippen LogP contribution in [0.2, 0.25) is 0 Å². The highest BCUT2D eigenvalue weighted by Crippen LogP contribution is 2.32. The van der Waals surface area contributed by atoms with Crippen molar-refractivity contribution in [2.45, 2.75) is 33.1 Å². The molecule has 1 aromatic carbocycles. The van der Waals surface area contributed by atoms with E-state index in [4.69, 9.17) is 0 Å². The molecule has 1 atom stereocenters. The Morgan fingerprint density at radius 2 is 2.29 bits per heavy atom. The van der Waals surface area contributed by atoms with Crippen LogP contribution in [0.1, 0.15) is 31.7 Å². The summed E-state index contributed by atoms with van der Waals surface area (Å²) in [5.74, 6) is -0.00541. The topological polar surface area (TPSA) is 84.3 Å². The predicted octanol–water partition coefficient (Wildman–Crippen LogP) is 2.62. The van der Waals surface area contributed by atoms with Crippen LogP contribution in [0.4, 0.5) is 11.4 Å². The van der Waals surface area contributed by atoms with Crippen LogP contribution in [0.25, 0.3) is 0 Å². The summed E-state index contributed by atoms with van der Waals surface area (Å²) in [5.41, 5.74) is 0.999. The first kappa shape index (κ1) is 15.4. The molecule has 1 aliphatic rings. The number of carbonyl (C=O) groups excluding carboxylic acids is 1. The summed E-state index contributed by atoms with van der Waals surface area (Å²) in [5, 5.41) is 17.0. The van der Waals surface area contributed by atoms with Gasteiger partial charge in [-0.25, -0.2) is 0 Å². The van der Waals surface area contributed by atoms with Crippen molar-refractivity contribution in [2.24, 2.45) is 5.41 Å². The van der Waals surface area contributed by atoms with E-state index in [1.807, 2.05) is 6.92 Å². The molecule has 0 bridgehead atoms. The van der Waals surface area contributed by atoms with Gasteiger partial charge >= 0.3 is 0 Å². The molecule has 2 N–H and O–H groups in total. The Morgan fingerprint density at radius 1 is 1.52 bits per heavy atom. The maximum atomic E-state index is 12.6. The quantitative estimate of drug-likeness (QED) is 0.659. The molecule has 0 aliphatic carbocycles. The number of nitrogens with zero attached hydrogens (tertiary/aromatic N) is 1. The highest BCUT2D eigenvalue weighted by Gasteiger charge is 2.37. The molecule has 1 amide bonds. The second kappa shape index (κ2) is 6.22. The maximum Gasteiger partial charge on any atom is 0.269 e. The molecule has 0 saturated carbocycles. The van der Waals surface area contributed by atoms with Gasteiger partial charge in [0.25, 0.3) is 5.69 Å². The second-order valence-corrected chi connectivity index (χ2v) is 5.62. The van der Waals surface area contributed by atoms with Crippen molar-refractivity contribution in [1.29, 1.82) is 0 Å². The van der Waals surface area contributed by atoms with Crippen LogP contribution in [0, 0.1) is 22.5 Å². The fourth-order valence-electron chi connectivity index (χ4n) is 2.78. The molecule has 1 fully saturated rings. The summed E-state index contributed by atoms with van der Waals surface area (Å²) in [7, 11) is 0. The minimum absolute atomic E-state index is 0.00541. The molecule has 1 aliphatic heterocycles. The van der Waals surface area contributed by atoms with E-state index in [0.717, 1.165) is 25.8 Å². The summed E-state index contributed by atoms with van der Waals surface area (Å²) in [6.07, 6.45) is 2.63. The van der Waals surface area contributed by atoms with E-state index < -0.39 is 4.92 Å². The van der Waals surface area contributed by atoms with Gasteiger partial charge in [0.05, 0.1) is 10.3 Å². The highest BCUT2D eigenvalue weighted by molar-refractivity contribution is 5.96. The number of nitro groups is 1. The Morgan fingerprint density at radius 3 is 2.81 bits per heavy atom. The van der Waals surface area contributed by atoms with Crippen LogP contribution in [-0.4, -0.2) is 23.9 Å². The van der Waals surface area contributed by atoms with E-state index in [1.54, 1.807) is 13.0 Å². The van der Waals surface area contributed by atoms with Gasteiger partial charge in [-0.1, -0.05) is 6.92 Å². The first-order chi connectivity index (χ1) is 9.98. The Hall–Kier alpha value is -1.95. The SMILES string of the molecule is CCC1(C(=O)Nc2ccc([N+](=O)[O-])cc2C)CCCNC1. The van der Waals surface area contributed by atoms with Crippen LogP contribution >= 0.6 is 0 Å². The van der Waals surface area contributed by atoms with Crippen molar-refractivity contribution < 1.29 is 9.72 Å². The molecule has 0 radical (unpaired) electrons. The summed E-state index contributed by atoms with van der Waals surface area (Å²) >= 11 is 0. The Labute approximate surface area is 124 Å². The summed E-state index contributed by atoms with van der Waals surface area (Å²) in [6.45, 7) is 5.42. The van der Waals surface area contributed by atoms with Crippen molar-refractivity contribution in [3.8, 4) is 0 Å². The number of piperidine rings is 1. The lowest BCUT2D eigenvalue weighted by atomic mass is 9.77. The number of rotatable bonds is 4. The van der Waals surface area contributed by atoms with Gasteiger partial charge in [0.1, 0.15) is 0 Å². The van der Waals surface area contributed by atoms with Crippen molar-refractivity contribution in [1.82, 2.24) is 5.32 Å². The molecule has 1 heterocycles. The van der Waals surface area contributed by atoms with Crippen LogP contribution in [0.15, 0.2) is 18.2 Å². The zero-order valence-electron chi connectivity index (χ0n) is 12.4. The number of amides is 1. The Bertz CT molecular complexity index is 551. The van der Waals surface area contributed by atoms with Crippen molar-refractivity contribution >= 4 is 17.3 Å². The largest absolute Gasteiger partial charge is 0.325 e. The number of nitro benzene ring substituents is 1. The molecule has 2 rings (SSSR count). The van der Waals surface area contributed by atoms with Gasteiger partial charge in [-0.2, -0.15) is 0 Å². The molecule has 1 aromatic rings. The smallest absolute Gasteiger partial charge is 0.269 e. The number of anilines is 1. The van der Waals surface area contributed by atoms with E-state index in [2.05, 4.69) is 10.6 Å². The standard InChI is InChI=1S/C15H21N3O3/c1-3-15(7-4-8-16-10-15)14(19)17-13-6-5-12(18(20)21)9-11(13)2/h5-6,9,16H,3-4,7-8,10H2,1-2H3,(H,17,19). The lowest BCUT2D eigenvalue weighted by Gasteiger charge is -2.35. The van der Waals surface area contributed by atoms with E-state index >= 15 is 0 Å². The number of hydrogen-bond acceptors (Lipinski definition) is 4. The monoisotopic (exact) mass is 291 g/mol. The van der Waals surface area contributed by atoms with Crippen LogP contribution in [-0.2, 0) is 4.79 Å². The van der Waals surface area contributed by atoms with Crippen molar-refractivity contribution in [2.75, 3.05) is 18.4 Å². The van der Waals surface area contributed by atoms with Gasteiger partial charge in [0.15, 0.2) is 0 Å². The number of hydrogen-bond donors (Lipinski definition) is 2. The van der Waals surface area contributed by atoms with Crippen molar-refractivity contribution in [3.63, 3.8) is 0 Å². The maximum absolute atomic E-state index is 12.6. The Balaban J connectivity index is 2.17. The molecule has 1 unspecified atom stereocenters. The third-order valence-corrected chi connectivity index (χ3v) is 4.30. The van der Waals surface area contributed by atoms with Gasteiger partial charge in [-0.05, 0) is 44.4 Å². The third-order valence-electron chi connectivity index (χ3n) is 4.30. The predicted molar refractivity (Wildman–Crippen MR) is 81.3 cm³/mol.